The maximum absolute atomic E-state index is 12.6. The van der Waals surface area contributed by atoms with Crippen LogP contribution in [0.3, 0.4) is 0 Å². The summed E-state index contributed by atoms with van der Waals surface area (Å²) in [6.07, 6.45) is 2.99. The molecular weight excluding hydrogens is 429 g/mol. The molecule has 0 bridgehead atoms. The van der Waals surface area contributed by atoms with Gasteiger partial charge in [-0.2, -0.15) is 5.10 Å². The molecule has 0 atom stereocenters. The van der Waals surface area contributed by atoms with E-state index in [0.717, 1.165) is 4.88 Å². The van der Waals surface area contributed by atoms with Crippen molar-refractivity contribution in [3.05, 3.63) is 97.8 Å². The van der Waals surface area contributed by atoms with Crippen molar-refractivity contribution in [1.82, 2.24) is 10.7 Å². The van der Waals surface area contributed by atoms with Crippen LogP contribution >= 0.6 is 34.5 Å². The van der Waals surface area contributed by atoms with Gasteiger partial charge in [0.1, 0.15) is 5.70 Å². The molecule has 3 aromatic rings. The molecule has 1 aromatic heterocycles. The van der Waals surface area contributed by atoms with Crippen LogP contribution in [-0.4, -0.2) is 18.0 Å². The summed E-state index contributed by atoms with van der Waals surface area (Å²) in [6, 6.07) is 17.2. The van der Waals surface area contributed by atoms with E-state index in [-0.39, 0.29) is 5.70 Å². The number of carbonyl (C=O) groups is 2. The zero-order chi connectivity index (χ0) is 20.6. The van der Waals surface area contributed by atoms with Crippen LogP contribution in [0.2, 0.25) is 10.0 Å². The lowest BCUT2D eigenvalue weighted by Crippen LogP contribution is -2.32. The summed E-state index contributed by atoms with van der Waals surface area (Å²) in [5, 5.41) is 9.34. The Morgan fingerprint density at radius 2 is 1.79 bits per heavy atom. The van der Waals surface area contributed by atoms with Gasteiger partial charge in [-0.3, -0.25) is 9.59 Å². The van der Waals surface area contributed by atoms with Crippen LogP contribution in [0.25, 0.3) is 6.08 Å². The molecule has 0 aliphatic heterocycles. The minimum atomic E-state index is -0.566. The molecule has 8 heteroatoms. The van der Waals surface area contributed by atoms with Gasteiger partial charge < -0.3 is 5.32 Å². The number of nitrogens with one attached hydrogen (secondary N) is 2. The third-order valence-corrected chi connectivity index (χ3v) is 5.07. The highest BCUT2D eigenvalue weighted by molar-refractivity contribution is 7.10. The van der Waals surface area contributed by atoms with Gasteiger partial charge >= 0.3 is 0 Å². The van der Waals surface area contributed by atoms with E-state index in [1.54, 1.807) is 48.5 Å². The molecule has 146 valence electrons. The fraction of sp³-hybridized carbons (Fsp3) is 0. The van der Waals surface area contributed by atoms with Gasteiger partial charge in [0.2, 0.25) is 0 Å². The van der Waals surface area contributed by atoms with E-state index in [4.69, 9.17) is 23.2 Å². The van der Waals surface area contributed by atoms with Gasteiger partial charge in [0.15, 0.2) is 0 Å². The van der Waals surface area contributed by atoms with E-state index < -0.39 is 11.8 Å². The Kier molecular flexibility index (Phi) is 7.19. The van der Waals surface area contributed by atoms with Crippen molar-refractivity contribution >= 4 is 58.6 Å². The van der Waals surface area contributed by atoms with Crippen molar-refractivity contribution in [2.75, 3.05) is 0 Å². The number of benzene rings is 2. The van der Waals surface area contributed by atoms with Crippen LogP contribution in [0.15, 0.2) is 76.8 Å². The third-order valence-electron chi connectivity index (χ3n) is 3.69. The first-order valence-electron chi connectivity index (χ1n) is 8.43. The van der Waals surface area contributed by atoms with Gasteiger partial charge in [-0.1, -0.05) is 53.5 Å². The number of rotatable bonds is 6. The molecule has 1 heterocycles. The Hall–Kier alpha value is -2.93. The Balaban J connectivity index is 1.76. The normalized spacial score (nSPS) is 11.4. The Bertz CT molecular complexity index is 1060. The summed E-state index contributed by atoms with van der Waals surface area (Å²) in [7, 11) is 0. The number of thiophene rings is 1. The van der Waals surface area contributed by atoms with Crippen LogP contribution in [-0.2, 0) is 4.79 Å². The molecule has 29 heavy (non-hydrogen) atoms. The first-order chi connectivity index (χ1) is 14.0. The van der Waals surface area contributed by atoms with E-state index in [2.05, 4.69) is 15.8 Å². The van der Waals surface area contributed by atoms with Crippen molar-refractivity contribution in [3.63, 3.8) is 0 Å². The van der Waals surface area contributed by atoms with Gasteiger partial charge in [-0.25, -0.2) is 5.43 Å². The first kappa shape index (κ1) is 20.8. The highest BCUT2D eigenvalue weighted by Crippen LogP contribution is 2.19. The van der Waals surface area contributed by atoms with Crippen LogP contribution in [0.1, 0.15) is 20.8 Å². The average molecular weight is 444 g/mol. The molecule has 3 rings (SSSR count). The quantitative estimate of drug-likeness (QED) is 0.320. The zero-order valence-corrected chi connectivity index (χ0v) is 17.3. The van der Waals surface area contributed by atoms with Crippen molar-refractivity contribution in [2.45, 2.75) is 0 Å². The molecule has 2 N–H and O–H groups in total. The minimum absolute atomic E-state index is 0.0701. The largest absolute Gasteiger partial charge is 0.317 e. The maximum atomic E-state index is 12.6. The molecule has 0 aliphatic rings. The molecule has 5 nitrogen and oxygen atoms in total. The van der Waals surface area contributed by atoms with E-state index in [1.165, 1.54) is 17.6 Å². The van der Waals surface area contributed by atoms with Crippen LogP contribution in [0.4, 0.5) is 0 Å². The van der Waals surface area contributed by atoms with Crippen LogP contribution < -0.4 is 10.7 Å². The summed E-state index contributed by atoms with van der Waals surface area (Å²) in [6.45, 7) is 0. The summed E-state index contributed by atoms with van der Waals surface area (Å²) >= 11 is 13.4. The number of hydrogen-bond donors (Lipinski definition) is 2. The monoisotopic (exact) mass is 443 g/mol. The lowest BCUT2D eigenvalue weighted by atomic mass is 10.2. The molecule has 0 unspecified atom stereocenters. The third kappa shape index (κ3) is 6.02. The molecule has 0 saturated heterocycles. The van der Waals surface area contributed by atoms with Gasteiger partial charge in [-0.05, 0) is 41.8 Å². The lowest BCUT2D eigenvalue weighted by molar-refractivity contribution is -0.117. The number of nitrogens with zero attached hydrogens (tertiary/aromatic N) is 1. The molecule has 0 aliphatic carbocycles. The van der Waals surface area contributed by atoms with Crippen molar-refractivity contribution in [2.24, 2.45) is 5.10 Å². The predicted octanol–water partition coefficient (Wildman–Crippen LogP) is 4.98. The summed E-state index contributed by atoms with van der Waals surface area (Å²) in [4.78, 5) is 25.9. The highest BCUT2D eigenvalue weighted by Gasteiger charge is 2.14. The molecule has 0 fully saturated rings. The minimum Gasteiger partial charge on any atom is -0.317 e. The van der Waals surface area contributed by atoms with Gasteiger partial charge in [0.25, 0.3) is 11.8 Å². The predicted molar refractivity (Wildman–Crippen MR) is 118 cm³/mol. The van der Waals surface area contributed by atoms with Gasteiger partial charge in [0.05, 0.1) is 11.2 Å². The smallest absolute Gasteiger partial charge is 0.287 e. The van der Waals surface area contributed by atoms with E-state index in [9.17, 15) is 9.59 Å². The van der Waals surface area contributed by atoms with Crippen molar-refractivity contribution in [1.29, 1.82) is 0 Å². The summed E-state index contributed by atoms with van der Waals surface area (Å²) in [5.41, 5.74) is 3.50. The maximum Gasteiger partial charge on any atom is 0.287 e. The lowest BCUT2D eigenvalue weighted by Gasteiger charge is -2.08. The fourth-order valence-corrected chi connectivity index (χ4v) is 3.40. The average Bonchev–Trinajstić information content (AvgIpc) is 3.23. The Morgan fingerprint density at radius 3 is 2.48 bits per heavy atom. The second-order valence-corrected chi connectivity index (χ2v) is 7.58. The molecular formula is C21H15Cl2N3O2S. The van der Waals surface area contributed by atoms with Crippen LogP contribution in [0, 0.1) is 0 Å². The molecule has 0 saturated carbocycles. The molecule has 0 radical (unpaired) electrons. The number of amides is 2. The second-order valence-electron chi connectivity index (χ2n) is 5.76. The number of halogens is 2. The first-order valence-corrected chi connectivity index (χ1v) is 10.1. The second kappa shape index (κ2) is 10.0. The molecule has 2 aromatic carbocycles. The van der Waals surface area contributed by atoms with Crippen molar-refractivity contribution in [3.8, 4) is 0 Å². The summed E-state index contributed by atoms with van der Waals surface area (Å²) in [5.74, 6) is -0.961. The fourth-order valence-electron chi connectivity index (χ4n) is 2.28. The van der Waals surface area contributed by atoms with Gasteiger partial charge in [0, 0.05) is 21.0 Å². The Labute approximate surface area is 181 Å². The molecule has 0 spiro atoms. The topological polar surface area (TPSA) is 70.6 Å². The van der Waals surface area contributed by atoms with E-state index in [0.29, 0.717) is 21.2 Å². The van der Waals surface area contributed by atoms with Gasteiger partial charge in [-0.15, -0.1) is 11.3 Å². The number of carbonyl (C=O) groups excluding carboxylic acids is 2. The summed E-state index contributed by atoms with van der Waals surface area (Å²) < 4.78 is 0. The highest BCUT2D eigenvalue weighted by atomic mass is 35.5. The van der Waals surface area contributed by atoms with Crippen molar-refractivity contribution < 1.29 is 9.59 Å². The van der Waals surface area contributed by atoms with Crippen LogP contribution in [0.5, 0.6) is 0 Å². The standard InChI is InChI=1S/C21H15Cl2N3O2S/c22-16-9-8-15(18(23)11-16)13-24-26-21(28)19(12-17-7-4-10-29-17)25-20(27)14-5-2-1-3-6-14/h1-13H,(H,25,27)(H,26,28)/b19-12+,24-13?. The Morgan fingerprint density at radius 1 is 1.00 bits per heavy atom. The number of hydrazone groups is 1. The number of hydrogen-bond acceptors (Lipinski definition) is 4. The molecule has 2 amide bonds. The van der Waals surface area contributed by atoms with E-state index >= 15 is 0 Å². The van der Waals surface area contributed by atoms with E-state index in [1.807, 2.05) is 23.6 Å². The zero-order valence-electron chi connectivity index (χ0n) is 14.9. The SMILES string of the molecule is O=C(NN=Cc1ccc(Cl)cc1Cl)/C(=C\c1cccs1)NC(=O)c1ccccc1.